The fourth-order valence-electron chi connectivity index (χ4n) is 2.78. The molecule has 0 aliphatic carbocycles. The summed E-state index contributed by atoms with van der Waals surface area (Å²) in [6.07, 6.45) is 2.40. The first-order valence-electron chi connectivity index (χ1n) is 8.44. The minimum atomic E-state index is 0.351. The van der Waals surface area contributed by atoms with E-state index >= 15 is 0 Å². The fourth-order valence-corrected chi connectivity index (χ4v) is 2.78. The van der Waals surface area contributed by atoms with Crippen LogP contribution in [0, 0.1) is 6.92 Å². The Hall–Kier alpha value is -2.83. The Kier molecular flexibility index (Phi) is 5.33. The number of aryl methyl sites for hydroxylation is 1. The Morgan fingerprint density at radius 2 is 1.96 bits per heavy atom. The van der Waals surface area contributed by atoms with E-state index in [9.17, 15) is 0 Å². The van der Waals surface area contributed by atoms with Gasteiger partial charge in [-0.2, -0.15) is 0 Å². The monoisotopic (exact) mass is 340 g/mol. The van der Waals surface area contributed by atoms with Crippen molar-refractivity contribution >= 4 is 17.6 Å². The standard InChI is InChI=1S/C18H24N6O/c1-13-11-15(23-18(21-13)24-9-3-4-10-24)12-20-17(19)22-14-5-7-16(25-2)8-6-14/h5-8,11H,3-4,9-10,12H2,1-2H3,(H3,19,20,22). The highest BCUT2D eigenvalue weighted by molar-refractivity contribution is 5.92. The van der Waals surface area contributed by atoms with Gasteiger partial charge in [-0.25, -0.2) is 15.0 Å². The molecule has 0 spiro atoms. The van der Waals surface area contributed by atoms with Gasteiger partial charge in [0.2, 0.25) is 5.95 Å². The number of aromatic nitrogens is 2. The van der Waals surface area contributed by atoms with Gasteiger partial charge in [0.25, 0.3) is 0 Å². The minimum absolute atomic E-state index is 0.351. The lowest BCUT2D eigenvalue weighted by Gasteiger charge is -2.16. The zero-order valence-corrected chi connectivity index (χ0v) is 14.7. The quantitative estimate of drug-likeness (QED) is 0.641. The Bertz CT molecular complexity index is 738. The maximum Gasteiger partial charge on any atom is 0.225 e. The molecule has 2 heterocycles. The third-order valence-electron chi connectivity index (χ3n) is 4.06. The summed E-state index contributed by atoms with van der Waals surface area (Å²) < 4.78 is 5.14. The van der Waals surface area contributed by atoms with Crippen LogP contribution in [0.25, 0.3) is 0 Å². The van der Waals surface area contributed by atoms with Gasteiger partial charge in [-0.1, -0.05) is 0 Å². The second-order valence-corrected chi connectivity index (χ2v) is 6.05. The van der Waals surface area contributed by atoms with E-state index in [1.807, 2.05) is 37.3 Å². The number of nitrogens with zero attached hydrogens (tertiary/aromatic N) is 4. The molecule has 1 saturated heterocycles. The molecule has 0 amide bonds. The third-order valence-corrected chi connectivity index (χ3v) is 4.06. The molecule has 1 aromatic heterocycles. The van der Waals surface area contributed by atoms with Crippen LogP contribution in [0.3, 0.4) is 0 Å². The van der Waals surface area contributed by atoms with Crippen LogP contribution in [0.1, 0.15) is 24.2 Å². The van der Waals surface area contributed by atoms with E-state index in [4.69, 9.17) is 10.5 Å². The summed E-state index contributed by atoms with van der Waals surface area (Å²) in [5.74, 6) is 1.94. The molecule has 0 radical (unpaired) electrons. The minimum Gasteiger partial charge on any atom is -0.497 e. The van der Waals surface area contributed by atoms with Crippen molar-refractivity contribution in [2.45, 2.75) is 26.3 Å². The molecule has 0 bridgehead atoms. The zero-order chi connectivity index (χ0) is 17.6. The van der Waals surface area contributed by atoms with Crippen LogP contribution in [0.15, 0.2) is 35.3 Å². The van der Waals surface area contributed by atoms with E-state index in [-0.39, 0.29) is 0 Å². The van der Waals surface area contributed by atoms with Crippen LogP contribution in [0.5, 0.6) is 5.75 Å². The van der Waals surface area contributed by atoms with Gasteiger partial charge in [-0.15, -0.1) is 0 Å². The SMILES string of the molecule is COc1ccc(NC(N)=NCc2cc(C)nc(N3CCCC3)n2)cc1. The summed E-state index contributed by atoms with van der Waals surface area (Å²) in [4.78, 5) is 15.8. The third kappa shape index (κ3) is 4.59. The summed E-state index contributed by atoms with van der Waals surface area (Å²) in [6.45, 7) is 4.44. The van der Waals surface area contributed by atoms with Crippen molar-refractivity contribution in [3.63, 3.8) is 0 Å². The second-order valence-electron chi connectivity index (χ2n) is 6.05. The van der Waals surface area contributed by atoms with Crippen LogP contribution in [0.4, 0.5) is 11.6 Å². The first-order valence-corrected chi connectivity index (χ1v) is 8.44. The van der Waals surface area contributed by atoms with E-state index in [0.29, 0.717) is 12.5 Å². The van der Waals surface area contributed by atoms with Gasteiger partial charge >= 0.3 is 0 Å². The van der Waals surface area contributed by atoms with Crippen molar-refractivity contribution in [3.05, 3.63) is 41.7 Å². The summed E-state index contributed by atoms with van der Waals surface area (Å²) in [5.41, 5.74) is 8.65. The molecule has 7 nitrogen and oxygen atoms in total. The van der Waals surface area contributed by atoms with Crippen molar-refractivity contribution in [2.75, 3.05) is 30.4 Å². The predicted molar refractivity (Wildman–Crippen MR) is 100 cm³/mol. The maximum atomic E-state index is 5.98. The number of ether oxygens (including phenoxy) is 1. The number of benzene rings is 1. The van der Waals surface area contributed by atoms with Gasteiger partial charge in [0.05, 0.1) is 19.3 Å². The average molecular weight is 340 g/mol. The molecule has 3 rings (SSSR count). The molecule has 0 unspecified atom stereocenters. The normalized spacial score (nSPS) is 14.6. The van der Waals surface area contributed by atoms with Gasteiger partial charge in [-0.3, -0.25) is 0 Å². The summed E-state index contributed by atoms with van der Waals surface area (Å²) in [6, 6.07) is 9.46. The van der Waals surface area contributed by atoms with E-state index < -0.39 is 0 Å². The largest absolute Gasteiger partial charge is 0.497 e. The smallest absolute Gasteiger partial charge is 0.225 e. The van der Waals surface area contributed by atoms with Crippen LogP contribution < -0.4 is 20.7 Å². The summed E-state index contributed by atoms with van der Waals surface area (Å²) >= 11 is 0. The predicted octanol–water partition coefficient (Wildman–Crippen LogP) is 2.32. The molecule has 25 heavy (non-hydrogen) atoms. The molecular formula is C18H24N6O. The molecule has 0 saturated carbocycles. The van der Waals surface area contributed by atoms with E-state index in [0.717, 1.165) is 41.9 Å². The summed E-state index contributed by atoms with van der Waals surface area (Å²) in [5, 5.41) is 3.07. The molecule has 1 aromatic carbocycles. The zero-order valence-electron chi connectivity index (χ0n) is 14.7. The van der Waals surface area contributed by atoms with Gasteiger partial charge < -0.3 is 20.7 Å². The number of hydrogen-bond donors (Lipinski definition) is 2. The number of nitrogens with two attached hydrogens (primary N) is 1. The lowest BCUT2D eigenvalue weighted by molar-refractivity contribution is 0.415. The highest BCUT2D eigenvalue weighted by atomic mass is 16.5. The van der Waals surface area contributed by atoms with Gasteiger partial charge in [0.1, 0.15) is 5.75 Å². The molecule has 1 aliphatic rings. The highest BCUT2D eigenvalue weighted by Gasteiger charge is 2.15. The van der Waals surface area contributed by atoms with Crippen molar-refractivity contribution in [2.24, 2.45) is 10.7 Å². The number of hydrogen-bond acceptors (Lipinski definition) is 5. The molecule has 2 aromatic rings. The first kappa shape index (κ1) is 17.0. The number of rotatable bonds is 5. The van der Waals surface area contributed by atoms with Gasteiger partial charge in [0, 0.05) is 24.5 Å². The van der Waals surface area contributed by atoms with E-state index in [2.05, 4.69) is 25.2 Å². The lowest BCUT2D eigenvalue weighted by atomic mass is 10.3. The maximum absolute atomic E-state index is 5.98. The number of aliphatic imine (C=N–C) groups is 1. The van der Waals surface area contributed by atoms with Crippen molar-refractivity contribution in [1.82, 2.24) is 9.97 Å². The number of nitrogens with one attached hydrogen (secondary N) is 1. The summed E-state index contributed by atoms with van der Waals surface area (Å²) in [7, 11) is 1.64. The number of guanidine groups is 1. The van der Waals surface area contributed by atoms with Gasteiger partial charge in [-0.05, 0) is 50.1 Å². The first-order chi connectivity index (χ1) is 12.1. The Morgan fingerprint density at radius 1 is 1.24 bits per heavy atom. The van der Waals surface area contributed by atoms with E-state index in [1.165, 1.54) is 12.8 Å². The fraction of sp³-hybridized carbons (Fsp3) is 0.389. The molecule has 3 N–H and O–H groups in total. The van der Waals surface area contributed by atoms with Crippen molar-refractivity contribution < 1.29 is 4.74 Å². The average Bonchev–Trinajstić information content (AvgIpc) is 3.15. The highest BCUT2D eigenvalue weighted by Crippen LogP contribution is 2.17. The lowest BCUT2D eigenvalue weighted by Crippen LogP contribution is -2.23. The van der Waals surface area contributed by atoms with Gasteiger partial charge in [0.15, 0.2) is 5.96 Å². The molecule has 1 fully saturated rings. The number of anilines is 2. The van der Waals surface area contributed by atoms with Crippen LogP contribution >= 0.6 is 0 Å². The Labute approximate surface area is 147 Å². The Balaban J connectivity index is 1.65. The van der Waals surface area contributed by atoms with E-state index in [1.54, 1.807) is 7.11 Å². The molecular weight excluding hydrogens is 316 g/mol. The Morgan fingerprint density at radius 3 is 2.64 bits per heavy atom. The topological polar surface area (TPSA) is 88.7 Å². The van der Waals surface area contributed by atoms with Crippen LogP contribution in [0.2, 0.25) is 0 Å². The molecule has 7 heteroatoms. The second kappa shape index (κ2) is 7.83. The molecule has 132 valence electrons. The van der Waals surface area contributed by atoms with Crippen molar-refractivity contribution in [3.8, 4) is 5.75 Å². The molecule has 0 atom stereocenters. The van der Waals surface area contributed by atoms with Crippen LogP contribution in [-0.2, 0) is 6.54 Å². The number of methoxy groups -OCH3 is 1. The van der Waals surface area contributed by atoms with Crippen molar-refractivity contribution in [1.29, 1.82) is 0 Å². The van der Waals surface area contributed by atoms with Crippen LogP contribution in [-0.4, -0.2) is 36.1 Å². The molecule has 1 aliphatic heterocycles.